The van der Waals surface area contributed by atoms with Crippen molar-refractivity contribution < 1.29 is 13.5 Å². The van der Waals surface area contributed by atoms with Crippen LogP contribution >= 0.6 is 0 Å². The molecule has 0 atom stereocenters. The highest BCUT2D eigenvalue weighted by Crippen LogP contribution is 2.32. The lowest BCUT2D eigenvalue weighted by Gasteiger charge is -2.05. The van der Waals surface area contributed by atoms with E-state index in [2.05, 4.69) is 36.4 Å². The summed E-state index contributed by atoms with van der Waals surface area (Å²) in [5.74, 6) is 0. The zero-order chi connectivity index (χ0) is 27.6. The number of nitrogens with zero attached hydrogens (tertiary/aromatic N) is 5. The van der Waals surface area contributed by atoms with Crippen LogP contribution < -0.4 is 4.68 Å². The van der Waals surface area contributed by atoms with Crippen LogP contribution in [-0.4, -0.2) is 19.7 Å². The molecule has 4 aromatic heterocycles. The van der Waals surface area contributed by atoms with Crippen molar-refractivity contribution in [3.63, 3.8) is 0 Å². The van der Waals surface area contributed by atoms with Gasteiger partial charge in [0.05, 0.1) is 5.69 Å². The SMILES string of the molecule is c1ccc(-n2cc[n+](-c3ccc4oc5ccccc5c4c3)n2)c(-n2ccc(-c3ccc4oc5ccccc5c4c3)n2)c1. The lowest BCUT2D eigenvalue weighted by atomic mass is 10.1. The maximum atomic E-state index is 6.01. The van der Waals surface area contributed by atoms with Crippen LogP contribution in [0.25, 0.3) is 72.2 Å². The third-order valence-electron chi connectivity index (χ3n) is 7.80. The van der Waals surface area contributed by atoms with E-state index >= 15 is 0 Å². The Morgan fingerprint density at radius 2 is 1.14 bits per heavy atom. The Morgan fingerprint density at radius 1 is 0.524 bits per heavy atom. The Hall–Kier alpha value is -5.95. The average Bonchev–Trinajstić information content (AvgIpc) is 3.85. The molecule has 7 heteroatoms. The van der Waals surface area contributed by atoms with E-state index in [1.165, 1.54) is 0 Å². The van der Waals surface area contributed by atoms with Crippen LogP contribution in [0.1, 0.15) is 0 Å². The second-order valence-electron chi connectivity index (χ2n) is 10.3. The first-order chi connectivity index (χ1) is 20.8. The van der Waals surface area contributed by atoms with Crippen LogP contribution in [0.3, 0.4) is 0 Å². The van der Waals surface area contributed by atoms with E-state index in [9.17, 15) is 0 Å². The molecule has 4 heterocycles. The monoisotopic (exact) mass is 544 g/mol. The zero-order valence-corrected chi connectivity index (χ0v) is 22.3. The van der Waals surface area contributed by atoms with Crippen molar-refractivity contribution in [2.45, 2.75) is 0 Å². The van der Waals surface area contributed by atoms with Gasteiger partial charge in [-0.05, 0) is 66.7 Å². The predicted octanol–water partition coefficient (Wildman–Crippen LogP) is 7.80. The molecular formula is C35H22N5O2+. The third kappa shape index (κ3) is 3.50. The third-order valence-corrected chi connectivity index (χ3v) is 7.80. The quantitative estimate of drug-likeness (QED) is 0.212. The highest BCUT2D eigenvalue weighted by Gasteiger charge is 2.18. The van der Waals surface area contributed by atoms with Gasteiger partial charge in [-0.1, -0.05) is 53.2 Å². The smallest absolute Gasteiger partial charge is 0.181 e. The van der Waals surface area contributed by atoms with E-state index in [4.69, 9.17) is 19.1 Å². The number of aromatic nitrogens is 5. The summed E-state index contributed by atoms with van der Waals surface area (Å²) < 4.78 is 17.7. The molecule has 0 aliphatic heterocycles. The Balaban J connectivity index is 1.08. The van der Waals surface area contributed by atoms with Gasteiger partial charge in [-0.3, -0.25) is 0 Å². The minimum atomic E-state index is 0.861. The van der Waals surface area contributed by atoms with Crippen LogP contribution in [-0.2, 0) is 0 Å². The summed E-state index contributed by atoms with van der Waals surface area (Å²) in [4.78, 5) is 0. The van der Waals surface area contributed by atoms with Gasteiger partial charge in [0.2, 0.25) is 0 Å². The van der Waals surface area contributed by atoms with E-state index in [0.29, 0.717) is 0 Å². The molecule has 0 saturated heterocycles. The molecule has 42 heavy (non-hydrogen) atoms. The van der Waals surface area contributed by atoms with Crippen molar-refractivity contribution in [1.82, 2.24) is 19.7 Å². The zero-order valence-electron chi connectivity index (χ0n) is 22.3. The molecule has 0 aliphatic carbocycles. The Kier molecular flexibility index (Phi) is 4.77. The molecule has 0 spiro atoms. The first kappa shape index (κ1) is 22.8. The van der Waals surface area contributed by atoms with Crippen LogP contribution in [0.15, 0.2) is 143 Å². The molecule has 0 unspecified atom stereocenters. The molecule has 0 saturated carbocycles. The molecule has 9 aromatic rings. The fourth-order valence-corrected chi connectivity index (χ4v) is 5.76. The van der Waals surface area contributed by atoms with E-state index in [1.807, 2.05) is 111 Å². The minimum Gasteiger partial charge on any atom is -0.456 e. The molecule has 9 rings (SSSR count). The molecular weight excluding hydrogens is 522 g/mol. The van der Waals surface area contributed by atoms with Gasteiger partial charge in [0, 0.05) is 33.3 Å². The number of hydrogen-bond donors (Lipinski definition) is 0. The summed E-state index contributed by atoms with van der Waals surface area (Å²) in [7, 11) is 0. The maximum absolute atomic E-state index is 6.01. The number of rotatable bonds is 4. The minimum absolute atomic E-state index is 0.861. The molecule has 198 valence electrons. The van der Waals surface area contributed by atoms with E-state index in [0.717, 1.165) is 72.2 Å². The number of fused-ring (bicyclic) bond motifs is 6. The fourth-order valence-electron chi connectivity index (χ4n) is 5.76. The molecule has 7 nitrogen and oxygen atoms in total. The molecule has 0 aliphatic rings. The second-order valence-corrected chi connectivity index (χ2v) is 10.3. The summed E-state index contributed by atoms with van der Waals surface area (Å²) in [5.41, 5.74) is 8.20. The summed E-state index contributed by atoms with van der Waals surface area (Å²) in [5, 5.41) is 14.2. The molecule has 0 radical (unpaired) electrons. The van der Waals surface area contributed by atoms with Crippen LogP contribution in [0, 0.1) is 0 Å². The van der Waals surface area contributed by atoms with Gasteiger partial charge in [-0.15, -0.1) is 4.68 Å². The van der Waals surface area contributed by atoms with Crippen molar-refractivity contribution in [3.8, 4) is 28.3 Å². The van der Waals surface area contributed by atoms with Gasteiger partial charge >= 0.3 is 0 Å². The lowest BCUT2D eigenvalue weighted by Crippen LogP contribution is -2.33. The second kappa shape index (κ2) is 8.78. The molecule has 0 amide bonds. The Morgan fingerprint density at radius 3 is 1.90 bits per heavy atom. The van der Waals surface area contributed by atoms with Crippen LogP contribution in [0.5, 0.6) is 0 Å². The maximum Gasteiger partial charge on any atom is 0.181 e. The summed E-state index contributed by atoms with van der Waals surface area (Å²) in [6, 6.07) is 38.7. The normalized spacial score (nSPS) is 11.8. The van der Waals surface area contributed by atoms with Gasteiger partial charge in [0.15, 0.2) is 23.8 Å². The van der Waals surface area contributed by atoms with E-state index < -0.39 is 0 Å². The largest absolute Gasteiger partial charge is 0.456 e. The standard InChI is InChI=1S/C35H22N5O2/c1-5-11-32-25(7-1)27-21-23(13-15-34(27)41-32)29-17-18-39(36-29)30-9-3-4-10-31(30)40-20-19-38(37-40)24-14-16-35-28(22-24)26-8-2-6-12-33(26)42-35/h1-22H/q+1. The number of benzene rings is 5. The highest BCUT2D eigenvalue weighted by atomic mass is 16.3. The lowest BCUT2D eigenvalue weighted by molar-refractivity contribution is -0.660. The van der Waals surface area contributed by atoms with Crippen molar-refractivity contribution >= 4 is 43.9 Å². The molecule has 0 N–H and O–H groups in total. The van der Waals surface area contributed by atoms with E-state index in [1.54, 1.807) is 0 Å². The Bertz CT molecular complexity index is 2270. The average molecular weight is 545 g/mol. The van der Waals surface area contributed by atoms with Gasteiger partial charge in [-0.2, -0.15) is 5.10 Å². The number of furan rings is 2. The van der Waals surface area contributed by atoms with Gasteiger partial charge in [0.25, 0.3) is 0 Å². The topological polar surface area (TPSA) is 65.8 Å². The van der Waals surface area contributed by atoms with Gasteiger partial charge in [-0.25, -0.2) is 4.68 Å². The van der Waals surface area contributed by atoms with Crippen molar-refractivity contribution in [2.75, 3.05) is 0 Å². The van der Waals surface area contributed by atoms with Crippen LogP contribution in [0.4, 0.5) is 0 Å². The summed E-state index contributed by atoms with van der Waals surface area (Å²) >= 11 is 0. The first-order valence-corrected chi connectivity index (χ1v) is 13.7. The first-order valence-electron chi connectivity index (χ1n) is 13.7. The van der Waals surface area contributed by atoms with Crippen molar-refractivity contribution in [1.29, 1.82) is 0 Å². The number of para-hydroxylation sites is 4. The van der Waals surface area contributed by atoms with E-state index in [-0.39, 0.29) is 0 Å². The molecule has 0 bridgehead atoms. The predicted molar refractivity (Wildman–Crippen MR) is 162 cm³/mol. The van der Waals surface area contributed by atoms with Crippen molar-refractivity contribution in [3.05, 3.63) is 134 Å². The Labute approximate surface area is 239 Å². The van der Waals surface area contributed by atoms with Crippen molar-refractivity contribution in [2.24, 2.45) is 0 Å². The highest BCUT2D eigenvalue weighted by molar-refractivity contribution is 6.06. The molecule has 5 aromatic carbocycles. The fraction of sp³-hybridized carbons (Fsp3) is 0. The number of hydrogen-bond acceptors (Lipinski definition) is 4. The summed E-state index contributed by atoms with van der Waals surface area (Å²) in [6.45, 7) is 0. The van der Waals surface area contributed by atoms with Gasteiger partial charge < -0.3 is 8.83 Å². The summed E-state index contributed by atoms with van der Waals surface area (Å²) in [6.07, 6.45) is 5.90. The molecule has 0 fully saturated rings. The van der Waals surface area contributed by atoms with Crippen LogP contribution in [0.2, 0.25) is 0 Å². The van der Waals surface area contributed by atoms with Gasteiger partial charge in [0.1, 0.15) is 33.2 Å².